The lowest BCUT2D eigenvalue weighted by atomic mass is 10.1. The standard InChI is InChI=1S/C14H20N2O3/c1-9-7-16(8-10(2)19-9)13-5-4-11(6-12(13)15)14(17)18-3/h4-6,9-10H,7-8,15H2,1-3H3/t9-,10+. The van der Waals surface area contributed by atoms with Gasteiger partial charge in [0.2, 0.25) is 0 Å². The molecule has 2 N–H and O–H groups in total. The summed E-state index contributed by atoms with van der Waals surface area (Å²) in [5, 5.41) is 0. The maximum atomic E-state index is 11.4. The first kappa shape index (κ1) is 13.7. The molecular formula is C14H20N2O3. The molecule has 2 atom stereocenters. The monoisotopic (exact) mass is 264 g/mol. The summed E-state index contributed by atoms with van der Waals surface area (Å²) >= 11 is 0. The Morgan fingerprint density at radius 1 is 1.37 bits per heavy atom. The minimum absolute atomic E-state index is 0.170. The third kappa shape index (κ3) is 2.98. The minimum atomic E-state index is -0.373. The maximum Gasteiger partial charge on any atom is 0.337 e. The second-order valence-electron chi connectivity index (χ2n) is 4.93. The number of nitrogens with two attached hydrogens (primary N) is 1. The van der Waals surface area contributed by atoms with Crippen LogP contribution in [0.15, 0.2) is 18.2 Å². The molecule has 104 valence electrons. The van der Waals surface area contributed by atoms with Gasteiger partial charge in [0.05, 0.1) is 36.3 Å². The number of anilines is 2. The van der Waals surface area contributed by atoms with Gasteiger partial charge in [0.25, 0.3) is 0 Å². The predicted octanol–water partition coefficient (Wildman–Crippen LogP) is 1.67. The van der Waals surface area contributed by atoms with E-state index in [4.69, 9.17) is 10.5 Å². The van der Waals surface area contributed by atoms with Gasteiger partial charge in [-0.3, -0.25) is 0 Å². The molecule has 5 nitrogen and oxygen atoms in total. The van der Waals surface area contributed by atoms with Gasteiger partial charge in [0.15, 0.2) is 0 Å². The zero-order valence-corrected chi connectivity index (χ0v) is 11.6. The van der Waals surface area contributed by atoms with Gasteiger partial charge in [-0.15, -0.1) is 0 Å². The fourth-order valence-electron chi connectivity index (χ4n) is 2.46. The van der Waals surface area contributed by atoms with E-state index in [-0.39, 0.29) is 18.2 Å². The van der Waals surface area contributed by atoms with Crippen molar-refractivity contribution in [3.8, 4) is 0 Å². The van der Waals surface area contributed by atoms with E-state index in [0.717, 1.165) is 18.8 Å². The van der Waals surface area contributed by atoms with Crippen LogP contribution in [0, 0.1) is 0 Å². The number of carbonyl (C=O) groups excluding carboxylic acids is 1. The number of morpholine rings is 1. The number of hydrogen-bond donors (Lipinski definition) is 1. The van der Waals surface area contributed by atoms with Crippen LogP contribution in [0.5, 0.6) is 0 Å². The van der Waals surface area contributed by atoms with E-state index in [0.29, 0.717) is 11.3 Å². The highest BCUT2D eigenvalue weighted by Crippen LogP contribution is 2.27. The Morgan fingerprint density at radius 3 is 2.53 bits per heavy atom. The predicted molar refractivity (Wildman–Crippen MR) is 74.4 cm³/mol. The van der Waals surface area contributed by atoms with Crippen molar-refractivity contribution < 1.29 is 14.3 Å². The summed E-state index contributed by atoms with van der Waals surface area (Å²) in [5.74, 6) is -0.373. The summed E-state index contributed by atoms with van der Waals surface area (Å²) in [5.41, 5.74) is 8.04. The molecule has 0 saturated carbocycles. The van der Waals surface area contributed by atoms with Crippen LogP contribution in [-0.4, -0.2) is 38.4 Å². The van der Waals surface area contributed by atoms with E-state index >= 15 is 0 Å². The van der Waals surface area contributed by atoms with Crippen LogP contribution in [0.3, 0.4) is 0 Å². The summed E-state index contributed by atoms with van der Waals surface area (Å²) in [6.07, 6.45) is 0.340. The Labute approximate surface area is 113 Å². The third-order valence-electron chi connectivity index (χ3n) is 3.21. The van der Waals surface area contributed by atoms with Gasteiger partial charge in [-0.2, -0.15) is 0 Å². The number of nitrogens with zero attached hydrogens (tertiary/aromatic N) is 1. The zero-order chi connectivity index (χ0) is 14.0. The number of esters is 1. The normalized spacial score (nSPS) is 23.2. The number of hydrogen-bond acceptors (Lipinski definition) is 5. The molecule has 1 aliphatic heterocycles. The van der Waals surface area contributed by atoms with Crippen LogP contribution in [0.4, 0.5) is 11.4 Å². The van der Waals surface area contributed by atoms with Gasteiger partial charge in [-0.05, 0) is 32.0 Å². The van der Waals surface area contributed by atoms with Crippen LogP contribution in [-0.2, 0) is 9.47 Å². The Bertz CT molecular complexity index is 466. The van der Waals surface area contributed by atoms with Crippen molar-refractivity contribution in [3.05, 3.63) is 23.8 Å². The summed E-state index contributed by atoms with van der Waals surface area (Å²) in [7, 11) is 1.36. The van der Waals surface area contributed by atoms with Crippen molar-refractivity contribution in [2.45, 2.75) is 26.1 Å². The second-order valence-corrected chi connectivity index (χ2v) is 4.93. The molecule has 0 aliphatic carbocycles. The summed E-state index contributed by atoms with van der Waals surface area (Å²) in [6.45, 7) is 5.68. The third-order valence-corrected chi connectivity index (χ3v) is 3.21. The topological polar surface area (TPSA) is 64.8 Å². The fraction of sp³-hybridized carbons (Fsp3) is 0.500. The van der Waals surface area contributed by atoms with E-state index in [1.54, 1.807) is 12.1 Å². The summed E-state index contributed by atoms with van der Waals surface area (Å²) in [6, 6.07) is 5.26. The lowest BCUT2D eigenvalue weighted by Gasteiger charge is -2.37. The average Bonchev–Trinajstić information content (AvgIpc) is 2.36. The molecule has 0 bridgehead atoms. The molecule has 1 heterocycles. The molecule has 0 spiro atoms. The first-order valence-electron chi connectivity index (χ1n) is 6.39. The van der Waals surface area contributed by atoms with Gasteiger partial charge in [0.1, 0.15) is 0 Å². The van der Waals surface area contributed by atoms with Crippen molar-refractivity contribution in [1.82, 2.24) is 0 Å². The molecule has 5 heteroatoms. The number of carbonyl (C=O) groups is 1. The molecule has 0 unspecified atom stereocenters. The fourth-order valence-corrected chi connectivity index (χ4v) is 2.46. The molecule has 1 saturated heterocycles. The molecule has 0 radical (unpaired) electrons. The summed E-state index contributed by atoms with van der Waals surface area (Å²) < 4.78 is 10.4. The van der Waals surface area contributed by atoms with Gasteiger partial charge in [0, 0.05) is 13.1 Å². The molecule has 2 rings (SSSR count). The molecule has 19 heavy (non-hydrogen) atoms. The number of rotatable bonds is 2. The first-order chi connectivity index (χ1) is 9.01. The van der Waals surface area contributed by atoms with Crippen molar-refractivity contribution >= 4 is 17.3 Å². The number of nitrogen functional groups attached to an aromatic ring is 1. The Kier molecular flexibility index (Phi) is 3.95. The van der Waals surface area contributed by atoms with E-state index < -0.39 is 0 Å². The maximum absolute atomic E-state index is 11.4. The summed E-state index contributed by atoms with van der Waals surface area (Å²) in [4.78, 5) is 13.6. The highest BCUT2D eigenvalue weighted by molar-refractivity contribution is 5.92. The quantitative estimate of drug-likeness (QED) is 0.650. The number of ether oxygens (including phenoxy) is 2. The largest absolute Gasteiger partial charge is 0.465 e. The van der Waals surface area contributed by atoms with Crippen molar-refractivity contribution in [2.24, 2.45) is 0 Å². The second kappa shape index (κ2) is 5.48. The molecule has 1 fully saturated rings. The zero-order valence-electron chi connectivity index (χ0n) is 11.6. The molecule has 1 aliphatic rings. The van der Waals surface area contributed by atoms with E-state index in [1.165, 1.54) is 7.11 Å². The van der Waals surface area contributed by atoms with Crippen LogP contribution in [0.25, 0.3) is 0 Å². The Morgan fingerprint density at radius 2 is 2.00 bits per heavy atom. The van der Waals surface area contributed by atoms with Gasteiger partial charge in [-0.1, -0.05) is 0 Å². The van der Waals surface area contributed by atoms with Crippen molar-refractivity contribution in [3.63, 3.8) is 0 Å². The van der Waals surface area contributed by atoms with E-state index in [2.05, 4.69) is 9.64 Å². The van der Waals surface area contributed by atoms with E-state index in [9.17, 15) is 4.79 Å². The number of methoxy groups -OCH3 is 1. The Hall–Kier alpha value is -1.75. The Balaban J connectivity index is 2.23. The van der Waals surface area contributed by atoms with Crippen LogP contribution in [0.2, 0.25) is 0 Å². The van der Waals surface area contributed by atoms with Gasteiger partial charge < -0.3 is 20.1 Å². The van der Waals surface area contributed by atoms with Crippen LogP contribution < -0.4 is 10.6 Å². The molecule has 1 aromatic carbocycles. The molecular weight excluding hydrogens is 244 g/mol. The first-order valence-corrected chi connectivity index (χ1v) is 6.39. The van der Waals surface area contributed by atoms with Crippen LogP contribution in [0.1, 0.15) is 24.2 Å². The van der Waals surface area contributed by atoms with Gasteiger partial charge >= 0.3 is 5.97 Å². The van der Waals surface area contributed by atoms with Gasteiger partial charge in [-0.25, -0.2) is 4.79 Å². The number of benzene rings is 1. The molecule has 0 amide bonds. The highest BCUT2D eigenvalue weighted by atomic mass is 16.5. The lowest BCUT2D eigenvalue weighted by Crippen LogP contribution is -2.45. The SMILES string of the molecule is COC(=O)c1ccc(N2C[C@@H](C)O[C@@H](C)C2)c(N)c1. The van der Waals surface area contributed by atoms with Crippen molar-refractivity contribution in [2.75, 3.05) is 30.8 Å². The molecule has 0 aromatic heterocycles. The van der Waals surface area contributed by atoms with Crippen molar-refractivity contribution in [1.29, 1.82) is 0 Å². The average molecular weight is 264 g/mol. The van der Waals surface area contributed by atoms with Crippen LogP contribution >= 0.6 is 0 Å². The van der Waals surface area contributed by atoms with E-state index in [1.807, 2.05) is 19.9 Å². The smallest absolute Gasteiger partial charge is 0.337 e. The molecule has 1 aromatic rings. The minimum Gasteiger partial charge on any atom is -0.465 e. The highest BCUT2D eigenvalue weighted by Gasteiger charge is 2.23. The lowest BCUT2D eigenvalue weighted by molar-refractivity contribution is -0.00517.